The molecule has 1 atom stereocenters. The van der Waals surface area contributed by atoms with E-state index in [2.05, 4.69) is 9.88 Å². The molecule has 2 aliphatic carbocycles. The molecule has 6 nitrogen and oxygen atoms in total. The summed E-state index contributed by atoms with van der Waals surface area (Å²) in [5.41, 5.74) is 1.23. The van der Waals surface area contributed by atoms with Gasteiger partial charge in [-0.1, -0.05) is 19.3 Å². The monoisotopic (exact) mass is 405 g/mol. The van der Waals surface area contributed by atoms with E-state index < -0.39 is 6.10 Å². The summed E-state index contributed by atoms with van der Waals surface area (Å²) in [5.74, 6) is 0.714. The van der Waals surface area contributed by atoms with E-state index in [0.29, 0.717) is 31.6 Å². The van der Waals surface area contributed by atoms with Crippen molar-refractivity contribution in [3.8, 4) is 0 Å². The van der Waals surface area contributed by atoms with Gasteiger partial charge in [0.2, 0.25) is 0 Å². The molecule has 1 fully saturated rings. The molecule has 28 heavy (non-hydrogen) atoms. The minimum atomic E-state index is -0.531. The Hall–Kier alpha value is -1.28. The standard InChI is InChI=1S/C21H31N3O3S/c1-27-13-15(25)11-24(14-7-3-2-4-8-14)12-18-22-20(26)19-16-9-5-6-10-17(16)28-21(19)23-18/h14-15,25H,2-13H2,1H3,(H,22,23,26)/t15-/m1/s1. The summed E-state index contributed by atoms with van der Waals surface area (Å²) in [5, 5.41) is 11.1. The fourth-order valence-electron chi connectivity index (χ4n) is 4.78. The van der Waals surface area contributed by atoms with Crippen LogP contribution in [0, 0.1) is 0 Å². The molecule has 0 spiro atoms. The van der Waals surface area contributed by atoms with E-state index in [1.807, 2.05) is 0 Å². The number of aliphatic hydroxyl groups is 1. The van der Waals surface area contributed by atoms with Crippen molar-refractivity contribution in [2.24, 2.45) is 0 Å². The van der Waals surface area contributed by atoms with Gasteiger partial charge in [0.15, 0.2) is 0 Å². The van der Waals surface area contributed by atoms with Crippen molar-refractivity contribution in [1.29, 1.82) is 0 Å². The Labute approximate surface area is 169 Å². The van der Waals surface area contributed by atoms with Gasteiger partial charge in [-0.15, -0.1) is 11.3 Å². The van der Waals surface area contributed by atoms with Crippen molar-refractivity contribution in [2.45, 2.75) is 76.5 Å². The average Bonchev–Trinajstić information content (AvgIpc) is 3.07. The fraction of sp³-hybridized carbons (Fsp3) is 0.714. The molecule has 1 saturated carbocycles. The lowest BCUT2D eigenvalue weighted by molar-refractivity contribution is 0.0173. The number of H-pyrrole nitrogens is 1. The highest BCUT2D eigenvalue weighted by Crippen LogP contribution is 2.33. The molecule has 154 valence electrons. The van der Waals surface area contributed by atoms with Crippen LogP contribution in [0.2, 0.25) is 0 Å². The number of aromatic nitrogens is 2. The predicted octanol–water partition coefficient (Wildman–Crippen LogP) is 3.01. The number of fused-ring (bicyclic) bond motifs is 3. The second kappa shape index (κ2) is 9.03. The van der Waals surface area contributed by atoms with E-state index in [1.165, 1.54) is 36.1 Å². The molecule has 2 N–H and O–H groups in total. The van der Waals surface area contributed by atoms with Crippen LogP contribution in [0.1, 0.15) is 61.2 Å². The largest absolute Gasteiger partial charge is 0.389 e. The van der Waals surface area contributed by atoms with Crippen LogP contribution in [0.4, 0.5) is 0 Å². The van der Waals surface area contributed by atoms with E-state index in [-0.39, 0.29) is 5.56 Å². The lowest BCUT2D eigenvalue weighted by Gasteiger charge is -2.35. The van der Waals surface area contributed by atoms with Gasteiger partial charge in [0.05, 0.1) is 24.6 Å². The number of hydrogen-bond donors (Lipinski definition) is 2. The first-order valence-corrected chi connectivity index (χ1v) is 11.4. The quantitative estimate of drug-likeness (QED) is 0.740. The zero-order valence-corrected chi connectivity index (χ0v) is 17.5. The Balaban J connectivity index is 1.60. The number of nitrogens with zero attached hydrogens (tertiary/aromatic N) is 2. The number of thiophene rings is 1. The predicted molar refractivity (Wildman–Crippen MR) is 112 cm³/mol. The van der Waals surface area contributed by atoms with Crippen LogP contribution in [-0.2, 0) is 24.1 Å². The summed E-state index contributed by atoms with van der Waals surface area (Å²) in [7, 11) is 1.61. The van der Waals surface area contributed by atoms with E-state index in [0.717, 1.165) is 42.3 Å². The highest BCUT2D eigenvalue weighted by atomic mass is 32.1. The molecular formula is C21H31N3O3S. The molecule has 4 rings (SSSR count). The Morgan fingerprint density at radius 3 is 2.82 bits per heavy atom. The smallest absolute Gasteiger partial charge is 0.259 e. The van der Waals surface area contributed by atoms with Crippen molar-refractivity contribution in [1.82, 2.24) is 14.9 Å². The van der Waals surface area contributed by atoms with E-state index in [4.69, 9.17) is 9.72 Å². The Morgan fingerprint density at radius 1 is 1.25 bits per heavy atom. The van der Waals surface area contributed by atoms with Gasteiger partial charge < -0.3 is 14.8 Å². The van der Waals surface area contributed by atoms with Gasteiger partial charge in [0.25, 0.3) is 5.56 Å². The maximum Gasteiger partial charge on any atom is 0.259 e. The molecule has 7 heteroatoms. The molecule has 0 bridgehead atoms. The SMILES string of the molecule is COC[C@H](O)CN(Cc1nc2sc3c(c2c(=O)[nH]1)CCCC3)C1CCCCC1. The van der Waals surface area contributed by atoms with E-state index >= 15 is 0 Å². The molecule has 0 saturated heterocycles. The second-order valence-electron chi connectivity index (χ2n) is 8.23. The van der Waals surface area contributed by atoms with Gasteiger partial charge in [-0.05, 0) is 44.1 Å². The van der Waals surface area contributed by atoms with Crippen molar-refractivity contribution in [3.63, 3.8) is 0 Å². The third-order valence-corrected chi connectivity index (χ3v) is 7.31. The number of aromatic amines is 1. The Bertz CT molecular complexity index is 856. The molecule has 0 unspecified atom stereocenters. The first kappa shape index (κ1) is 20.0. The van der Waals surface area contributed by atoms with Gasteiger partial charge in [0.1, 0.15) is 10.7 Å². The van der Waals surface area contributed by atoms with Crippen molar-refractivity contribution in [2.75, 3.05) is 20.3 Å². The molecular weight excluding hydrogens is 374 g/mol. The minimum absolute atomic E-state index is 0.000402. The summed E-state index contributed by atoms with van der Waals surface area (Å²) in [6, 6.07) is 0.429. The topological polar surface area (TPSA) is 78.5 Å². The average molecular weight is 406 g/mol. The van der Waals surface area contributed by atoms with Crippen LogP contribution in [-0.4, -0.2) is 52.4 Å². The van der Waals surface area contributed by atoms with Crippen molar-refractivity contribution in [3.05, 3.63) is 26.6 Å². The van der Waals surface area contributed by atoms with Gasteiger partial charge in [0, 0.05) is 24.6 Å². The molecule has 0 radical (unpaired) electrons. The highest BCUT2D eigenvalue weighted by molar-refractivity contribution is 7.18. The summed E-state index contributed by atoms with van der Waals surface area (Å²) in [4.78, 5) is 25.2. The maximum atomic E-state index is 12.8. The summed E-state index contributed by atoms with van der Waals surface area (Å²) in [6.07, 6.45) is 9.91. The summed E-state index contributed by atoms with van der Waals surface area (Å²) < 4.78 is 5.12. The highest BCUT2D eigenvalue weighted by Gasteiger charge is 2.25. The van der Waals surface area contributed by atoms with Crippen LogP contribution in [0.15, 0.2) is 4.79 Å². The third-order valence-electron chi connectivity index (χ3n) is 6.12. The van der Waals surface area contributed by atoms with Crippen molar-refractivity contribution < 1.29 is 9.84 Å². The fourth-order valence-corrected chi connectivity index (χ4v) is 6.06. The van der Waals surface area contributed by atoms with Gasteiger partial charge >= 0.3 is 0 Å². The van der Waals surface area contributed by atoms with Crippen LogP contribution < -0.4 is 5.56 Å². The van der Waals surface area contributed by atoms with Gasteiger partial charge in [-0.2, -0.15) is 0 Å². The third kappa shape index (κ3) is 4.32. The molecule has 0 amide bonds. The van der Waals surface area contributed by atoms with E-state index in [1.54, 1.807) is 18.4 Å². The van der Waals surface area contributed by atoms with Crippen LogP contribution >= 0.6 is 11.3 Å². The lowest BCUT2D eigenvalue weighted by atomic mass is 9.94. The van der Waals surface area contributed by atoms with Crippen molar-refractivity contribution >= 4 is 21.6 Å². The zero-order chi connectivity index (χ0) is 19.5. The first-order chi connectivity index (χ1) is 13.7. The number of rotatable bonds is 7. The molecule has 0 aliphatic heterocycles. The summed E-state index contributed by atoms with van der Waals surface area (Å²) >= 11 is 1.69. The number of nitrogens with one attached hydrogen (secondary N) is 1. The second-order valence-corrected chi connectivity index (χ2v) is 9.32. The zero-order valence-electron chi connectivity index (χ0n) is 16.7. The minimum Gasteiger partial charge on any atom is -0.389 e. The molecule has 2 aromatic rings. The van der Waals surface area contributed by atoms with Crippen LogP contribution in [0.5, 0.6) is 0 Å². The first-order valence-electron chi connectivity index (χ1n) is 10.6. The maximum absolute atomic E-state index is 12.8. The Kier molecular flexibility index (Phi) is 6.45. The number of hydrogen-bond acceptors (Lipinski definition) is 6. The van der Waals surface area contributed by atoms with Crippen LogP contribution in [0.3, 0.4) is 0 Å². The summed E-state index contributed by atoms with van der Waals surface area (Å²) in [6.45, 7) is 1.43. The lowest BCUT2D eigenvalue weighted by Crippen LogP contribution is -2.42. The normalized spacial score (nSPS) is 19.2. The number of aryl methyl sites for hydroxylation is 2. The number of ether oxygens (including phenoxy) is 1. The van der Waals surface area contributed by atoms with Gasteiger partial charge in [-0.3, -0.25) is 9.69 Å². The molecule has 2 aliphatic rings. The van der Waals surface area contributed by atoms with Gasteiger partial charge in [-0.25, -0.2) is 4.98 Å². The molecule has 0 aromatic carbocycles. The van der Waals surface area contributed by atoms with Crippen LogP contribution in [0.25, 0.3) is 10.2 Å². The van der Waals surface area contributed by atoms with E-state index in [9.17, 15) is 9.90 Å². The molecule has 2 aromatic heterocycles. The Morgan fingerprint density at radius 2 is 2.04 bits per heavy atom. The number of methoxy groups -OCH3 is 1. The molecule has 2 heterocycles. The number of aliphatic hydroxyl groups excluding tert-OH is 1.